The summed E-state index contributed by atoms with van der Waals surface area (Å²) in [6.07, 6.45) is -0.00230. The molecule has 1 unspecified atom stereocenters. The lowest BCUT2D eigenvalue weighted by atomic mass is 10.0. The number of carbonyl (C=O) groups is 2. The minimum absolute atomic E-state index is 0.0466. The summed E-state index contributed by atoms with van der Waals surface area (Å²) in [7, 11) is 0. The van der Waals surface area contributed by atoms with Crippen molar-refractivity contribution < 1.29 is 14.7 Å². The van der Waals surface area contributed by atoms with Gasteiger partial charge in [0.1, 0.15) is 0 Å². The number of fused-ring (bicyclic) bond motifs is 1. The zero-order valence-corrected chi connectivity index (χ0v) is 15.1. The molecule has 0 fully saturated rings. The highest BCUT2D eigenvalue weighted by Crippen LogP contribution is 2.23. The SMILES string of the molecule is CCc1ccc(NC(=O)C(=O)NCC(O)c2cccc3ccccc23)cc1. The van der Waals surface area contributed by atoms with E-state index in [4.69, 9.17) is 0 Å². The number of hydrogen-bond acceptors (Lipinski definition) is 3. The van der Waals surface area contributed by atoms with Gasteiger partial charge < -0.3 is 15.7 Å². The molecule has 0 aromatic heterocycles. The summed E-state index contributed by atoms with van der Waals surface area (Å²) in [5, 5.41) is 17.4. The van der Waals surface area contributed by atoms with Gasteiger partial charge in [-0.15, -0.1) is 0 Å². The molecule has 0 radical (unpaired) electrons. The van der Waals surface area contributed by atoms with Crippen LogP contribution in [0.3, 0.4) is 0 Å². The normalized spacial score (nSPS) is 11.8. The van der Waals surface area contributed by atoms with Crippen LogP contribution in [0, 0.1) is 0 Å². The molecule has 3 N–H and O–H groups in total. The maximum Gasteiger partial charge on any atom is 0.313 e. The summed E-state index contributed by atoms with van der Waals surface area (Å²) >= 11 is 0. The maximum atomic E-state index is 12.0. The summed E-state index contributed by atoms with van der Waals surface area (Å²) in [6, 6.07) is 20.7. The second-order valence-corrected chi connectivity index (χ2v) is 6.30. The number of aliphatic hydroxyl groups is 1. The minimum atomic E-state index is -0.906. The first-order valence-corrected chi connectivity index (χ1v) is 8.92. The van der Waals surface area contributed by atoms with Gasteiger partial charge >= 0.3 is 11.8 Å². The Balaban J connectivity index is 1.59. The Kier molecular flexibility index (Phi) is 5.84. The van der Waals surface area contributed by atoms with Gasteiger partial charge in [-0.3, -0.25) is 9.59 Å². The highest BCUT2D eigenvalue weighted by atomic mass is 16.3. The molecule has 0 aliphatic carbocycles. The number of amides is 2. The maximum absolute atomic E-state index is 12.0. The zero-order chi connectivity index (χ0) is 19.2. The van der Waals surface area contributed by atoms with E-state index in [-0.39, 0.29) is 6.54 Å². The lowest BCUT2D eigenvalue weighted by Crippen LogP contribution is -2.37. The largest absolute Gasteiger partial charge is 0.387 e. The van der Waals surface area contributed by atoms with Gasteiger partial charge in [0.15, 0.2) is 0 Å². The number of anilines is 1. The summed E-state index contributed by atoms with van der Waals surface area (Å²) in [5.41, 5.74) is 2.42. The monoisotopic (exact) mass is 362 g/mol. The molecule has 5 nitrogen and oxygen atoms in total. The molecule has 0 aliphatic rings. The predicted octanol–water partition coefficient (Wildman–Crippen LogP) is 3.19. The third kappa shape index (κ3) is 4.51. The van der Waals surface area contributed by atoms with E-state index in [2.05, 4.69) is 10.6 Å². The smallest absolute Gasteiger partial charge is 0.313 e. The van der Waals surface area contributed by atoms with Crippen LogP contribution in [0.2, 0.25) is 0 Å². The fraction of sp³-hybridized carbons (Fsp3) is 0.182. The Morgan fingerprint density at radius 2 is 1.63 bits per heavy atom. The Morgan fingerprint density at radius 1 is 0.926 bits per heavy atom. The summed E-state index contributed by atoms with van der Waals surface area (Å²) in [4.78, 5) is 24.1. The van der Waals surface area contributed by atoms with Crippen LogP contribution >= 0.6 is 0 Å². The molecule has 0 heterocycles. The topological polar surface area (TPSA) is 78.4 Å². The third-order valence-corrected chi connectivity index (χ3v) is 4.46. The molecule has 0 bridgehead atoms. The Bertz CT molecular complexity index is 946. The molecular weight excluding hydrogens is 340 g/mol. The second-order valence-electron chi connectivity index (χ2n) is 6.30. The van der Waals surface area contributed by atoms with Crippen LogP contribution in [0.15, 0.2) is 66.7 Å². The zero-order valence-electron chi connectivity index (χ0n) is 15.1. The van der Waals surface area contributed by atoms with Gasteiger partial charge in [0.05, 0.1) is 6.10 Å². The summed E-state index contributed by atoms with van der Waals surface area (Å²) in [6.45, 7) is 2.00. The Hall–Kier alpha value is -3.18. The lowest BCUT2D eigenvalue weighted by Gasteiger charge is -2.14. The van der Waals surface area contributed by atoms with Crippen molar-refractivity contribution in [1.29, 1.82) is 0 Å². The van der Waals surface area contributed by atoms with E-state index in [0.29, 0.717) is 11.3 Å². The van der Waals surface area contributed by atoms with Crippen LogP contribution in [0.4, 0.5) is 5.69 Å². The molecule has 3 aromatic rings. The van der Waals surface area contributed by atoms with Gasteiger partial charge in [-0.05, 0) is 40.5 Å². The number of hydrogen-bond donors (Lipinski definition) is 3. The van der Waals surface area contributed by atoms with Crippen LogP contribution in [0.25, 0.3) is 10.8 Å². The van der Waals surface area contributed by atoms with Gasteiger partial charge in [0, 0.05) is 12.2 Å². The van der Waals surface area contributed by atoms with Crippen molar-refractivity contribution in [3.8, 4) is 0 Å². The number of aryl methyl sites for hydroxylation is 1. The van der Waals surface area contributed by atoms with Crippen LogP contribution in [-0.4, -0.2) is 23.5 Å². The molecule has 0 spiro atoms. The van der Waals surface area contributed by atoms with Crippen molar-refractivity contribution in [3.63, 3.8) is 0 Å². The van der Waals surface area contributed by atoms with Crippen LogP contribution < -0.4 is 10.6 Å². The quantitative estimate of drug-likeness (QED) is 0.610. The van der Waals surface area contributed by atoms with E-state index in [0.717, 1.165) is 22.8 Å². The van der Waals surface area contributed by atoms with Crippen molar-refractivity contribution in [2.24, 2.45) is 0 Å². The number of nitrogens with one attached hydrogen (secondary N) is 2. The van der Waals surface area contributed by atoms with E-state index in [9.17, 15) is 14.7 Å². The molecule has 0 saturated heterocycles. The van der Waals surface area contributed by atoms with Crippen molar-refractivity contribution in [3.05, 3.63) is 77.9 Å². The molecule has 27 heavy (non-hydrogen) atoms. The van der Waals surface area contributed by atoms with Gasteiger partial charge in [-0.2, -0.15) is 0 Å². The van der Waals surface area contributed by atoms with Crippen molar-refractivity contribution >= 4 is 28.3 Å². The molecule has 5 heteroatoms. The fourth-order valence-corrected chi connectivity index (χ4v) is 2.93. The number of carbonyl (C=O) groups excluding carboxylic acids is 2. The van der Waals surface area contributed by atoms with E-state index < -0.39 is 17.9 Å². The van der Waals surface area contributed by atoms with Gasteiger partial charge in [-0.25, -0.2) is 0 Å². The van der Waals surface area contributed by atoms with Gasteiger partial charge in [-0.1, -0.05) is 61.5 Å². The molecule has 0 aliphatic heterocycles. The Morgan fingerprint density at radius 3 is 2.37 bits per heavy atom. The fourth-order valence-electron chi connectivity index (χ4n) is 2.93. The Labute approximate surface area is 158 Å². The summed E-state index contributed by atoms with van der Waals surface area (Å²) < 4.78 is 0. The van der Waals surface area contributed by atoms with Gasteiger partial charge in [0.2, 0.25) is 0 Å². The first-order chi connectivity index (χ1) is 13.1. The van der Waals surface area contributed by atoms with Gasteiger partial charge in [0.25, 0.3) is 0 Å². The van der Waals surface area contributed by atoms with E-state index in [1.165, 1.54) is 0 Å². The van der Waals surface area contributed by atoms with E-state index >= 15 is 0 Å². The molecule has 3 aromatic carbocycles. The average molecular weight is 362 g/mol. The first-order valence-electron chi connectivity index (χ1n) is 8.92. The predicted molar refractivity (Wildman–Crippen MR) is 106 cm³/mol. The third-order valence-electron chi connectivity index (χ3n) is 4.46. The molecular formula is C22H22N2O3. The minimum Gasteiger partial charge on any atom is -0.387 e. The van der Waals surface area contributed by atoms with Crippen LogP contribution in [0.1, 0.15) is 24.2 Å². The number of rotatable bonds is 5. The summed E-state index contributed by atoms with van der Waals surface area (Å²) in [5.74, 6) is -1.54. The highest BCUT2D eigenvalue weighted by molar-refractivity contribution is 6.39. The van der Waals surface area contributed by atoms with E-state index in [1.807, 2.05) is 61.5 Å². The van der Waals surface area contributed by atoms with Crippen LogP contribution in [0.5, 0.6) is 0 Å². The standard InChI is InChI=1S/C22H22N2O3/c1-2-15-10-12-17(13-11-15)24-22(27)21(26)23-14-20(25)19-9-5-7-16-6-3-4-8-18(16)19/h3-13,20,25H,2,14H2,1H3,(H,23,26)(H,24,27). The highest BCUT2D eigenvalue weighted by Gasteiger charge is 2.17. The van der Waals surface area contributed by atoms with Crippen molar-refractivity contribution in [2.45, 2.75) is 19.4 Å². The lowest BCUT2D eigenvalue weighted by molar-refractivity contribution is -0.136. The van der Waals surface area contributed by atoms with Crippen molar-refractivity contribution in [1.82, 2.24) is 5.32 Å². The molecule has 0 saturated carbocycles. The van der Waals surface area contributed by atoms with E-state index in [1.54, 1.807) is 12.1 Å². The molecule has 1 atom stereocenters. The second kappa shape index (κ2) is 8.47. The van der Waals surface area contributed by atoms with Crippen molar-refractivity contribution in [2.75, 3.05) is 11.9 Å². The average Bonchev–Trinajstić information content (AvgIpc) is 2.71. The molecule has 2 amide bonds. The first kappa shape index (κ1) is 18.6. The number of aliphatic hydroxyl groups excluding tert-OH is 1. The van der Waals surface area contributed by atoms with Crippen LogP contribution in [-0.2, 0) is 16.0 Å². The molecule has 138 valence electrons. The molecule has 3 rings (SSSR count). The number of benzene rings is 3.